The summed E-state index contributed by atoms with van der Waals surface area (Å²) in [6.45, 7) is -1.11. The third kappa shape index (κ3) is 9.14. The van der Waals surface area contributed by atoms with Gasteiger partial charge in [-0.1, -0.05) is 96.7 Å². The van der Waals surface area contributed by atoms with E-state index in [4.69, 9.17) is 23.2 Å². The third-order valence-electron chi connectivity index (χ3n) is 8.37. The number of nitrogens with one attached hydrogen (secondary N) is 1. The van der Waals surface area contributed by atoms with Gasteiger partial charge in [0.05, 0.1) is 21.2 Å². The van der Waals surface area contributed by atoms with Gasteiger partial charge in [0, 0.05) is 24.0 Å². The lowest BCUT2D eigenvalue weighted by Gasteiger charge is -2.34. The van der Waals surface area contributed by atoms with Crippen molar-refractivity contribution in [3.05, 3.63) is 130 Å². The van der Waals surface area contributed by atoms with E-state index >= 15 is 0 Å². The van der Waals surface area contributed by atoms with E-state index in [0.717, 1.165) is 43.4 Å². The first kappa shape index (κ1) is 36.2. The topological polar surface area (TPSA) is 86.8 Å². The number of carbonyl (C=O) groups is 2. The minimum atomic E-state index is -4.83. The molecule has 5 rings (SSSR count). The highest BCUT2D eigenvalue weighted by atomic mass is 35.5. The highest BCUT2D eigenvalue weighted by Gasteiger charge is 2.38. The Balaban J connectivity index is 1.62. The van der Waals surface area contributed by atoms with E-state index in [9.17, 15) is 31.2 Å². The number of amides is 2. The SMILES string of the molecule is O=C(NC1CCCC1)C(Cc1ccccc1)N(Cc1cccc(Cl)c1)C(=O)CN(c1cc(C(F)(F)F)ccc1Cl)S(=O)(=O)c1ccccc1. The lowest BCUT2D eigenvalue weighted by Crippen LogP contribution is -2.54. The van der Waals surface area contributed by atoms with Gasteiger partial charge >= 0.3 is 6.18 Å². The number of hydrogen-bond donors (Lipinski definition) is 1. The average Bonchev–Trinajstić information content (AvgIpc) is 3.59. The van der Waals surface area contributed by atoms with Crippen molar-refractivity contribution >= 4 is 50.7 Å². The van der Waals surface area contributed by atoms with Crippen LogP contribution < -0.4 is 9.62 Å². The van der Waals surface area contributed by atoms with Gasteiger partial charge in [-0.15, -0.1) is 0 Å². The van der Waals surface area contributed by atoms with Gasteiger partial charge in [0.25, 0.3) is 10.0 Å². The molecule has 4 aromatic carbocycles. The number of halogens is 5. The molecule has 1 fully saturated rings. The fourth-order valence-corrected chi connectivity index (χ4v) is 7.80. The van der Waals surface area contributed by atoms with Crippen LogP contribution in [0, 0.1) is 0 Å². The van der Waals surface area contributed by atoms with E-state index in [1.165, 1.54) is 29.2 Å². The zero-order valence-electron chi connectivity index (χ0n) is 26.2. The van der Waals surface area contributed by atoms with Gasteiger partial charge in [-0.25, -0.2) is 8.42 Å². The summed E-state index contributed by atoms with van der Waals surface area (Å²) in [7, 11) is -4.66. The van der Waals surface area contributed by atoms with Crippen LogP contribution in [0.5, 0.6) is 0 Å². The number of sulfonamides is 1. The first-order valence-electron chi connectivity index (χ1n) is 15.7. The Bertz CT molecular complexity index is 1870. The summed E-state index contributed by atoms with van der Waals surface area (Å²) in [5.41, 5.74) is -0.387. The van der Waals surface area contributed by atoms with E-state index in [-0.39, 0.29) is 28.9 Å². The smallest absolute Gasteiger partial charge is 0.352 e. The van der Waals surface area contributed by atoms with Crippen LogP contribution in [0.3, 0.4) is 0 Å². The van der Waals surface area contributed by atoms with E-state index in [1.54, 1.807) is 42.5 Å². The summed E-state index contributed by atoms with van der Waals surface area (Å²) in [6, 6.07) is 23.8. The number of anilines is 1. The first-order valence-corrected chi connectivity index (χ1v) is 17.9. The molecular weight excluding hydrogens is 698 g/mol. The second-order valence-corrected chi connectivity index (χ2v) is 14.5. The molecule has 1 N–H and O–H groups in total. The van der Waals surface area contributed by atoms with Crippen molar-refractivity contribution in [2.45, 2.75) is 61.8 Å². The molecule has 49 heavy (non-hydrogen) atoms. The standard InChI is InChI=1S/C36H34Cl2F3N3O4S/c37-28-13-9-12-26(20-28)23-43(33(21-25-10-3-1-4-11-25)35(46)42-29-14-7-8-15-29)34(45)24-44(49(47,48)30-16-5-2-6-17-30)32-22-27(36(39,40)41)18-19-31(32)38/h1-6,9-13,16-20,22,29,33H,7-8,14-15,21,23-24H2,(H,42,46). The summed E-state index contributed by atoms with van der Waals surface area (Å²) >= 11 is 12.7. The fourth-order valence-electron chi connectivity index (χ4n) is 5.87. The second kappa shape index (κ2) is 15.7. The molecule has 0 aromatic heterocycles. The molecule has 1 aliphatic carbocycles. The molecule has 4 aromatic rings. The summed E-state index contributed by atoms with van der Waals surface area (Å²) < 4.78 is 70.5. The monoisotopic (exact) mass is 731 g/mol. The largest absolute Gasteiger partial charge is 0.416 e. The highest BCUT2D eigenvalue weighted by molar-refractivity contribution is 7.92. The van der Waals surface area contributed by atoms with Crippen molar-refractivity contribution in [2.24, 2.45) is 0 Å². The molecule has 7 nitrogen and oxygen atoms in total. The molecule has 1 atom stereocenters. The van der Waals surface area contributed by atoms with Crippen molar-refractivity contribution in [3.63, 3.8) is 0 Å². The van der Waals surface area contributed by atoms with Gasteiger partial charge in [0.15, 0.2) is 0 Å². The molecule has 0 aliphatic heterocycles. The van der Waals surface area contributed by atoms with Crippen molar-refractivity contribution in [3.8, 4) is 0 Å². The minimum absolute atomic E-state index is 0.0848. The summed E-state index contributed by atoms with van der Waals surface area (Å²) in [5.74, 6) is -1.27. The van der Waals surface area contributed by atoms with Crippen LogP contribution in [0.25, 0.3) is 0 Å². The Morgan fingerprint density at radius 2 is 1.47 bits per heavy atom. The van der Waals surface area contributed by atoms with E-state index in [0.29, 0.717) is 21.0 Å². The lowest BCUT2D eigenvalue weighted by molar-refractivity contribution is -0.140. The van der Waals surface area contributed by atoms with Crippen molar-refractivity contribution < 1.29 is 31.2 Å². The number of carbonyl (C=O) groups excluding carboxylic acids is 2. The summed E-state index contributed by atoms with van der Waals surface area (Å²) in [5, 5.41) is 3.13. The molecular formula is C36H34Cl2F3N3O4S. The van der Waals surface area contributed by atoms with E-state index in [1.807, 2.05) is 18.2 Å². The maximum Gasteiger partial charge on any atom is 0.416 e. The lowest BCUT2D eigenvalue weighted by atomic mass is 10.0. The highest BCUT2D eigenvalue weighted by Crippen LogP contribution is 2.37. The number of hydrogen-bond acceptors (Lipinski definition) is 4. The average molecular weight is 733 g/mol. The maximum atomic E-state index is 14.6. The molecule has 1 saturated carbocycles. The third-order valence-corrected chi connectivity index (χ3v) is 10.7. The molecule has 1 aliphatic rings. The van der Waals surface area contributed by atoms with Gasteiger partial charge in [0.2, 0.25) is 11.8 Å². The maximum absolute atomic E-state index is 14.6. The molecule has 0 heterocycles. The Kier molecular flexibility index (Phi) is 11.6. The summed E-state index contributed by atoms with van der Waals surface area (Å²) in [6.07, 6.45) is -1.29. The van der Waals surface area contributed by atoms with Crippen LogP contribution in [0.2, 0.25) is 10.0 Å². The Morgan fingerprint density at radius 1 is 0.837 bits per heavy atom. The Labute approximate surface area is 293 Å². The number of benzene rings is 4. The zero-order chi connectivity index (χ0) is 35.2. The van der Waals surface area contributed by atoms with Crippen LogP contribution in [0.15, 0.2) is 108 Å². The van der Waals surface area contributed by atoms with E-state index in [2.05, 4.69) is 5.32 Å². The van der Waals surface area contributed by atoms with E-state index < -0.39 is 51.9 Å². The molecule has 0 saturated heterocycles. The molecule has 258 valence electrons. The predicted molar refractivity (Wildman–Crippen MR) is 184 cm³/mol. The fraction of sp³-hybridized carbons (Fsp3) is 0.278. The van der Waals surface area contributed by atoms with Crippen molar-refractivity contribution in [1.82, 2.24) is 10.2 Å². The number of nitrogens with zero attached hydrogens (tertiary/aromatic N) is 2. The van der Waals surface area contributed by atoms with Crippen LogP contribution in [-0.2, 0) is 38.8 Å². The van der Waals surface area contributed by atoms with Gasteiger partial charge in [0.1, 0.15) is 12.6 Å². The predicted octanol–water partition coefficient (Wildman–Crippen LogP) is 7.91. The molecule has 0 spiro atoms. The van der Waals surface area contributed by atoms with Gasteiger partial charge in [-0.3, -0.25) is 13.9 Å². The molecule has 13 heteroatoms. The zero-order valence-corrected chi connectivity index (χ0v) is 28.6. The van der Waals surface area contributed by atoms with Gasteiger partial charge in [-0.05, 0) is 66.4 Å². The quantitative estimate of drug-likeness (QED) is 0.161. The molecule has 0 radical (unpaired) electrons. The normalized spacial score (nSPS) is 14.3. The van der Waals surface area contributed by atoms with Crippen LogP contribution in [-0.4, -0.2) is 43.8 Å². The van der Waals surface area contributed by atoms with Crippen molar-refractivity contribution in [2.75, 3.05) is 10.8 Å². The number of rotatable bonds is 12. The second-order valence-electron chi connectivity index (χ2n) is 11.8. The minimum Gasteiger partial charge on any atom is -0.352 e. The van der Waals surface area contributed by atoms with Crippen LogP contribution in [0.1, 0.15) is 42.4 Å². The Hall–Kier alpha value is -4.06. The van der Waals surface area contributed by atoms with Gasteiger partial charge in [-0.2, -0.15) is 13.2 Å². The van der Waals surface area contributed by atoms with Crippen molar-refractivity contribution in [1.29, 1.82) is 0 Å². The summed E-state index contributed by atoms with van der Waals surface area (Å²) in [4.78, 5) is 29.7. The number of alkyl halides is 3. The Morgan fingerprint density at radius 3 is 2.10 bits per heavy atom. The molecule has 2 amide bonds. The molecule has 0 bridgehead atoms. The van der Waals surface area contributed by atoms with Crippen LogP contribution >= 0.6 is 23.2 Å². The molecule has 1 unspecified atom stereocenters. The van der Waals surface area contributed by atoms with Gasteiger partial charge < -0.3 is 10.2 Å². The first-order chi connectivity index (χ1) is 23.3. The van der Waals surface area contributed by atoms with Crippen LogP contribution in [0.4, 0.5) is 18.9 Å².